The lowest BCUT2D eigenvalue weighted by Gasteiger charge is -2.07. The predicted molar refractivity (Wildman–Crippen MR) is 95.4 cm³/mol. The number of ether oxygens (including phenoxy) is 1. The van der Waals surface area contributed by atoms with E-state index in [1.54, 1.807) is 24.3 Å². The van der Waals surface area contributed by atoms with Crippen molar-refractivity contribution in [1.82, 2.24) is 0 Å². The molecule has 0 aliphatic heterocycles. The Labute approximate surface area is 140 Å². The van der Waals surface area contributed by atoms with Crippen LogP contribution in [0.4, 0.5) is 10.5 Å². The van der Waals surface area contributed by atoms with Crippen molar-refractivity contribution in [2.45, 2.75) is 71.1 Å². The van der Waals surface area contributed by atoms with E-state index in [0.29, 0.717) is 5.69 Å². The number of unbranched alkanes of at least 4 members (excludes halogenated alkanes) is 9. The monoisotopic (exact) mass is 321 g/mol. The standard InChI is InChI=1S/C19H31NO3/c1-2-3-4-5-6-7-8-9-10-11-16-23-18-14-12-17(13-15-18)20-19(21)22/h12-15,20H,2-11,16H2,1H3,(H,21,22). The molecule has 0 bridgehead atoms. The fraction of sp³-hybridized carbons (Fsp3) is 0.632. The lowest BCUT2D eigenvalue weighted by molar-refractivity contribution is 0.209. The smallest absolute Gasteiger partial charge is 0.409 e. The van der Waals surface area contributed by atoms with E-state index in [1.165, 1.54) is 57.8 Å². The number of nitrogens with one attached hydrogen (secondary N) is 1. The van der Waals surface area contributed by atoms with Crippen molar-refractivity contribution in [3.63, 3.8) is 0 Å². The Balaban J connectivity index is 1.95. The Kier molecular flexibility index (Phi) is 10.8. The van der Waals surface area contributed by atoms with Crippen LogP contribution in [0.25, 0.3) is 0 Å². The molecule has 0 saturated carbocycles. The molecule has 0 atom stereocenters. The van der Waals surface area contributed by atoms with E-state index in [-0.39, 0.29) is 0 Å². The Hall–Kier alpha value is -1.71. The third-order valence-corrected chi connectivity index (χ3v) is 3.87. The highest BCUT2D eigenvalue weighted by atomic mass is 16.5. The molecule has 4 heteroatoms. The number of amides is 1. The summed E-state index contributed by atoms with van der Waals surface area (Å²) in [6.07, 6.45) is 12.1. The van der Waals surface area contributed by atoms with Crippen LogP contribution in [-0.4, -0.2) is 17.8 Å². The molecule has 130 valence electrons. The zero-order valence-electron chi connectivity index (χ0n) is 14.4. The van der Waals surface area contributed by atoms with Gasteiger partial charge in [0.25, 0.3) is 0 Å². The predicted octanol–water partition coefficient (Wildman–Crippen LogP) is 6.08. The normalized spacial score (nSPS) is 10.5. The van der Waals surface area contributed by atoms with Crippen LogP contribution in [0.2, 0.25) is 0 Å². The first kappa shape index (κ1) is 19.3. The zero-order valence-corrected chi connectivity index (χ0v) is 14.4. The second kappa shape index (κ2) is 12.8. The van der Waals surface area contributed by atoms with Crippen molar-refractivity contribution in [1.29, 1.82) is 0 Å². The number of carbonyl (C=O) groups is 1. The summed E-state index contributed by atoms with van der Waals surface area (Å²) in [5.41, 5.74) is 0.559. The summed E-state index contributed by atoms with van der Waals surface area (Å²) < 4.78 is 5.66. The second-order valence-electron chi connectivity index (χ2n) is 5.98. The highest BCUT2D eigenvalue weighted by molar-refractivity contribution is 5.82. The third kappa shape index (κ3) is 10.6. The Morgan fingerprint density at radius 3 is 1.96 bits per heavy atom. The lowest BCUT2D eigenvalue weighted by Crippen LogP contribution is -2.06. The second-order valence-corrected chi connectivity index (χ2v) is 5.98. The summed E-state index contributed by atoms with van der Waals surface area (Å²) >= 11 is 0. The minimum atomic E-state index is -1.05. The van der Waals surface area contributed by atoms with Gasteiger partial charge in [-0.2, -0.15) is 0 Å². The van der Waals surface area contributed by atoms with E-state index >= 15 is 0 Å². The molecule has 1 aromatic carbocycles. The quantitative estimate of drug-likeness (QED) is 0.433. The van der Waals surface area contributed by atoms with Gasteiger partial charge in [0.05, 0.1) is 6.61 Å². The van der Waals surface area contributed by atoms with Gasteiger partial charge in [0.2, 0.25) is 0 Å². The van der Waals surface area contributed by atoms with Crippen molar-refractivity contribution in [2.24, 2.45) is 0 Å². The maximum absolute atomic E-state index is 10.5. The van der Waals surface area contributed by atoms with Gasteiger partial charge in [0.15, 0.2) is 0 Å². The molecule has 0 unspecified atom stereocenters. The van der Waals surface area contributed by atoms with Gasteiger partial charge in [-0.1, -0.05) is 64.7 Å². The van der Waals surface area contributed by atoms with Gasteiger partial charge in [-0.3, -0.25) is 5.32 Å². The largest absolute Gasteiger partial charge is 0.494 e. The minimum absolute atomic E-state index is 0.559. The molecule has 0 fully saturated rings. The Morgan fingerprint density at radius 2 is 1.43 bits per heavy atom. The van der Waals surface area contributed by atoms with Crippen molar-refractivity contribution < 1.29 is 14.6 Å². The molecular formula is C19H31NO3. The fourth-order valence-electron chi connectivity index (χ4n) is 2.54. The van der Waals surface area contributed by atoms with Gasteiger partial charge in [0, 0.05) is 5.69 Å². The van der Waals surface area contributed by atoms with Crippen LogP contribution in [-0.2, 0) is 0 Å². The molecule has 0 radical (unpaired) electrons. The molecule has 4 nitrogen and oxygen atoms in total. The molecular weight excluding hydrogens is 290 g/mol. The highest BCUT2D eigenvalue weighted by Gasteiger charge is 1.99. The molecule has 0 spiro atoms. The van der Waals surface area contributed by atoms with Crippen molar-refractivity contribution in [2.75, 3.05) is 11.9 Å². The van der Waals surface area contributed by atoms with E-state index in [1.807, 2.05) is 0 Å². The molecule has 1 amide bonds. The van der Waals surface area contributed by atoms with Crippen LogP contribution in [0.3, 0.4) is 0 Å². The first-order valence-electron chi connectivity index (χ1n) is 8.95. The molecule has 23 heavy (non-hydrogen) atoms. The number of benzene rings is 1. The first-order valence-corrected chi connectivity index (χ1v) is 8.95. The maximum Gasteiger partial charge on any atom is 0.409 e. The fourth-order valence-corrected chi connectivity index (χ4v) is 2.54. The zero-order chi connectivity index (χ0) is 16.8. The van der Waals surface area contributed by atoms with Gasteiger partial charge < -0.3 is 9.84 Å². The summed E-state index contributed by atoms with van der Waals surface area (Å²) in [6.45, 7) is 2.98. The van der Waals surface area contributed by atoms with E-state index in [0.717, 1.165) is 18.8 Å². The molecule has 0 aliphatic rings. The topological polar surface area (TPSA) is 58.6 Å². The molecule has 0 saturated heterocycles. The van der Waals surface area contributed by atoms with E-state index in [9.17, 15) is 4.79 Å². The Bertz CT molecular complexity index is 417. The van der Waals surface area contributed by atoms with E-state index in [4.69, 9.17) is 9.84 Å². The number of anilines is 1. The van der Waals surface area contributed by atoms with Gasteiger partial charge in [-0.05, 0) is 30.7 Å². The summed E-state index contributed by atoms with van der Waals surface area (Å²) in [6, 6.07) is 7.01. The lowest BCUT2D eigenvalue weighted by atomic mass is 10.1. The highest BCUT2D eigenvalue weighted by Crippen LogP contribution is 2.16. The summed E-state index contributed by atoms with van der Waals surface area (Å²) in [7, 11) is 0. The SMILES string of the molecule is CCCCCCCCCCCCOc1ccc(NC(=O)O)cc1. The number of hydrogen-bond acceptors (Lipinski definition) is 2. The average molecular weight is 321 g/mol. The minimum Gasteiger partial charge on any atom is -0.494 e. The van der Waals surface area contributed by atoms with Crippen LogP contribution in [0.5, 0.6) is 5.75 Å². The van der Waals surface area contributed by atoms with Crippen molar-refractivity contribution >= 4 is 11.8 Å². The van der Waals surface area contributed by atoms with Crippen molar-refractivity contribution in [3.8, 4) is 5.75 Å². The van der Waals surface area contributed by atoms with Crippen LogP contribution >= 0.6 is 0 Å². The third-order valence-electron chi connectivity index (χ3n) is 3.87. The van der Waals surface area contributed by atoms with Gasteiger partial charge in [0.1, 0.15) is 5.75 Å². The van der Waals surface area contributed by atoms with Gasteiger partial charge >= 0.3 is 6.09 Å². The van der Waals surface area contributed by atoms with E-state index < -0.39 is 6.09 Å². The van der Waals surface area contributed by atoms with Gasteiger partial charge in [-0.25, -0.2) is 4.79 Å². The molecule has 0 aliphatic carbocycles. The number of carboxylic acid groups (broad SMARTS) is 1. The average Bonchev–Trinajstić information content (AvgIpc) is 2.53. The molecule has 0 aromatic heterocycles. The first-order chi connectivity index (χ1) is 11.2. The van der Waals surface area contributed by atoms with Crippen LogP contribution in [0.15, 0.2) is 24.3 Å². The summed E-state index contributed by atoms with van der Waals surface area (Å²) in [5.74, 6) is 0.789. The molecule has 1 aromatic rings. The maximum atomic E-state index is 10.5. The van der Waals surface area contributed by atoms with Crippen LogP contribution in [0, 0.1) is 0 Å². The van der Waals surface area contributed by atoms with Gasteiger partial charge in [-0.15, -0.1) is 0 Å². The molecule has 1 rings (SSSR count). The van der Waals surface area contributed by atoms with E-state index in [2.05, 4.69) is 12.2 Å². The van der Waals surface area contributed by atoms with Crippen LogP contribution < -0.4 is 10.1 Å². The number of hydrogen-bond donors (Lipinski definition) is 2. The van der Waals surface area contributed by atoms with Crippen molar-refractivity contribution in [3.05, 3.63) is 24.3 Å². The summed E-state index contributed by atoms with van der Waals surface area (Å²) in [4.78, 5) is 10.5. The Morgan fingerprint density at radius 1 is 0.913 bits per heavy atom. The van der Waals surface area contributed by atoms with Crippen LogP contribution in [0.1, 0.15) is 71.1 Å². The molecule has 2 N–H and O–H groups in total. The molecule has 0 heterocycles. The summed E-state index contributed by atoms with van der Waals surface area (Å²) in [5, 5.41) is 10.9. The number of rotatable bonds is 13.